The van der Waals surface area contributed by atoms with E-state index in [1.165, 1.54) is 22.2 Å². The summed E-state index contributed by atoms with van der Waals surface area (Å²) in [6, 6.07) is 11.5. The molecule has 1 amide bonds. The van der Waals surface area contributed by atoms with Crippen LogP contribution in [-0.4, -0.2) is 52.4 Å². The lowest BCUT2D eigenvalue weighted by molar-refractivity contribution is -0.136. The van der Waals surface area contributed by atoms with Gasteiger partial charge in [-0.3, -0.25) is 14.2 Å². The second-order valence-corrected chi connectivity index (χ2v) is 11.9. The Balaban J connectivity index is 1.43. The van der Waals surface area contributed by atoms with E-state index >= 15 is 0 Å². The Morgan fingerprint density at radius 3 is 2.56 bits per heavy atom. The van der Waals surface area contributed by atoms with Gasteiger partial charge in [0.1, 0.15) is 11.2 Å². The van der Waals surface area contributed by atoms with Crippen molar-refractivity contribution in [3.8, 4) is 10.4 Å². The molecule has 1 saturated heterocycles. The Kier molecular flexibility index (Phi) is 5.63. The van der Waals surface area contributed by atoms with Crippen LogP contribution in [0.15, 0.2) is 47.5 Å². The van der Waals surface area contributed by atoms with Crippen molar-refractivity contribution in [1.29, 1.82) is 0 Å². The topological polar surface area (TPSA) is 89.3 Å². The van der Waals surface area contributed by atoms with E-state index < -0.39 is 9.84 Å². The molecule has 5 rings (SSSR count). The zero-order valence-corrected chi connectivity index (χ0v) is 19.3. The fourth-order valence-electron chi connectivity index (χ4n) is 4.91. The van der Waals surface area contributed by atoms with Gasteiger partial charge in [-0.25, -0.2) is 13.4 Å². The molecule has 3 aromatic rings. The van der Waals surface area contributed by atoms with Gasteiger partial charge in [0.15, 0.2) is 9.84 Å². The summed E-state index contributed by atoms with van der Waals surface area (Å²) in [5.74, 6) is -0.0478. The van der Waals surface area contributed by atoms with Crippen LogP contribution in [0.4, 0.5) is 0 Å². The van der Waals surface area contributed by atoms with Crippen LogP contribution in [0.25, 0.3) is 20.7 Å². The van der Waals surface area contributed by atoms with E-state index in [0.29, 0.717) is 16.6 Å². The molecule has 1 aliphatic carbocycles. The van der Waals surface area contributed by atoms with Crippen molar-refractivity contribution < 1.29 is 13.2 Å². The zero-order valence-electron chi connectivity index (χ0n) is 17.6. The summed E-state index contributed by atoms with van der Waals surface area (Å²) >= 11 is 1.38. The molecule has 0 bridgehead atoms. The Labute approximate surface area is 190 Å². The van der Waals surface area contributed by atoms with Crippen LogP contribution < -0.4 is 5.56 Å². The number of hydrogen-bond donors (Lipinski definition) is 0. The molecule has 3 heterocycles. The van der Waals surface area contributed by atoms with E-state index in [2.05, 4.69) is 4.98 Å². The Morgan fingerprint density at radius 2 is 1.88 bits per heavy atom. The van der Waals surface area contributed by atoms with Gasteiger partial charge in [-0.15, -0.1) is 11.3 Å². The number of benzene rings is 1. The van der Waals surface area contributed by atoms with Crippen molar-refractivity contribution in [1.82, 2.24) is 14.5 Å². The molecule has 1 aliphatic heterocycles. The molecule has 32 heavy (non-hydrogen) atoms. The molecule has 0 radical (unpaired) electrons. The summed E-state index contributed by atoms with van der Waals surface area (Å²) in [6.45, 7) is -0.118. The summed E-state index contributed by atoms with van der Waals surface area (Å²) < 4.78 is 26.0. The third-order valence-electron chi connectivity index (χ3n) is 6.48. The number of fused-ring (bicyclic) bond motifs is 1. The van der Waals surface area contributed by atoms with Crippen molar-refractivity contribution >= 4 is 37.3 Å². The first kappa shape index (κ1) is 21.3. The van der Waals surface area contributed by atoms with E-state index in [1.807, 2.05) is 36.4 Å². The third kappa shape index (κ3) is 4.11. The predicted octanol–water partition coefficient (Wildman–Crippen LogP) is 3.08. The van der Waals surface area contributed by atoms with Crippen LogP contribution in [0, 0.1) is 0 Å². The van der Waals surface area contributed by atoms with Crippen molar-refractivity contribution in [2.75, 3.05) is 11.5 Å². The molecule has 9 heteroatoms. The standard InChI is InChI=1S/C23H25N3O4S2/c27-21(26(17-8-4-5-9-17)18-10-11-32(29,30)14-18)13-25-15-24-19-12-20(31-22(19)23(25)28)16-6-2-1-3-7-16/h1-3,6-7,12,15,17-18H,4-5,8-11,13-14H2. The van der Waals surface area contributed by atoms with E-state index in [9.17, 15) is 18.0 Å². The molecule has 1 atom stereocenters. The minimum absolute atomic E-state index is 0.0206. The summed E-state index contributed by atoms with van der Waals surface area (Å²) in [4.78, 5) is 33.7. The van der Waals surface area contributed by atoms with E-state index in [0.717, 1.165) is 36.1 Å². The number of carbonyl (C=O) groups is 1. The summed E-state index contributed by atoms with van der Waals surface area (Å²) in [5.41, 5.74) is 1.41. The fourth-order valence-corrected chi connectivity index (χ4v) is 7.69. The predicted molar refractivity (Wildman–Crippen MR) is 125 cm³/mol. The average Bonchev–Trinajstić information content (AvgIpc) is 3.52. The second-order valence-electron chi connectivity index (χ2n) is 8.66. The molecule has 1 saturated carbocycles. The highest BCUT2D eigenvalue weighted by Gasteiger charge is 2.39. The highest BCUT2D eigenvalue weighted by molar-refractivity contribution is 7.91. The lowest BCUT2D eigenvalue weighted by Gasteiger charge is -2.34. The molecule has 2 aromatic heterocycles. The van der Waals surface area contributed by atoms with Gasteiger partial charge in [-0.1, -0.05) is 43.2 Å². The summed E-state index contributed by atoms with van der Waals surface area (Å²) in [6.07, 6.45) is 5.77. The van der Waals surface area contributed by atoms with Gasteiger partial charge < -0.3 is 4.90 Å². The SMILES string of the molecule is O=C(Cn1cnc2cc(-c3ccccc3)sc2c1=O)N(C1CCCC1)C1CCS(=O)(=O)C1. The summed E-state index contributed by atoms with van der Waals surface area (Å²) in [7, 11) is -3.11. The molecule has 2 aliphatic rings. The highest BCUT2D eigenvalue weighted by Crippen LogP contribution is 2.31. The molecule has 168 valence electrons. The minimum atomic E-state index is -3.11. The number of amides is 1. The van der Waals surface area contributed by atoms with E-state index in [4.69, 9.17) is 0 Å². The molecule has 1 unspecified atom stereocenters. The summed E-state index contributed by atoms with van der Waals surface area (Å²) in [5, 5.41) is 0. The fraction of sp³-hybridized carbons (Fsp3) is 0.435. The molecular formula is C23H25N3O4S2. The largest absolute Gasteiger partial charge is 0.334 e. The number of hydrogen-bond acceptors (Lipinski definition) is 6. The first-order valence-corrected chi connectivity index (χ1v) is 13.6. The van der Waals surface area contributed by atoms with Crippen LogP contribution >= 0.6 is 11.3 Å². The quantitative estimate of drug-likeness (QED) is 0.571. The molecule has 2 fully saturated rings. The van der Waals surface area contributed by atoms with Gasteiger partial charge in [0, 0.05) is 17.0 Å². The molecule has 1 aromatic carbocycles. The van der Waals surface area contributed by atoms with Gasteiger partial charge in [-0.2, -0.15) is 0 Å². The van der Waals surface area contributed by atoms with Crippen LogP contribution in [0.2, 0.25) is 0 Å². The van der Waals surface area contributed by atoms with Crippen molar-refractivity contribution in [2.24, 2.45) is 0 Å². The lowest BCUT2D eigenvalue weighted by atomic mass is 10.1. The van der Waals surface area contributed by atoms with Gasteiger partial charge in [0.05, 0.1) is 23.3 Å². The average molecular weight is 472 g/mol. The number of carbonyl (C=O) groups excluding carboxylic acids is 1. The maximum absolute atomic E-state index is 13.4. The van der Waals surface area contributed by atoms with Crippen LogP contribution in [0.1, 0.15) is 32.1 Å². The first-order valence-electron chi connectivity index (χ1n) is 11.0. The first-order chi connectivity index (χ1) is 15.4. The lowest BCUT2D eigenvalue weighted by Crippen LogP contribution is -2.48. The van der Waals surface area contributed by atoms with Crippen molar-refractivity contribution in [3.63, 3.8) is 0 Å². The minimum Gasteiger partial charge on any atom is -0.334 e. The van der Waals surface area contributed by atoms with Gasteiger partial charge >= 0.3 is 0 Å². The van der Waals surface area contributed by atoms with Crippen LogP contribution in [0.3, 0.4) is 0 Å². The molecular weight excluding hydrogens is 446 g/mol. The van der Waals surface area contributed by atoms with Crippen LogP contribution in [-0.2, 0) is 21.2 Å². The van der Waals surface area contributed by atoms with Gasteiger partial charge in [-0.05, 0) is 30.9 Å². The van der Waals surface area contributed by atoms with Gasteiger partial charge in [0.25, 0.3) is 5.56 Å². The second kappa shape index (κ2) is 8.44. The van der Waals surface area contributed by atoms with Crippen molar-refractivity contribution in [3.05, 3.63) is 53.1 Å². The van der Waals surface area contributed by atoms with E-state index in [1.54, 1.807) is 4.90 Å². The number of aromatic nitrogens is 2. The molecule has 0 spiro atoms. The zero-order chi connectivity index (χ0) is 22.3. The third-order valence-corrected chi connectivity index (χ3v) is 9.39. The maximum atomic E-state index is 13.4. The number of thiophene rings is 1. The Morgan fingerprint density at radius 1 is 1.12 bits per heavy atom. The highest BCUT2D eigenvalue weighted by atomic mass is 32.2. The van der Waals surface area contributed by atoms with Crippen molar-refractivity contribution in [2.45, 2.75) is 50.7 Å². The maximum Gasteiger partial charge on any atom is 0.271 e. The van der Waals surface area contributed by atoms with Gasteiger partial charge in [0.2, 0.25) is 5.91 Å². The number of sulfone groups is 1. The number of rotatable bonds is 5. The molecule has 7 nitrogen and oxygen atoms in total. The van der Waals surface area contributed by atoms with E-state index in [-0.39, 0.29) is 41.6 Å². The molecule has 0 N–H and O–H groups in total. The van der Waals surface area contributed by atoms with Crippen LogP contribution in [0.5, 0.6) is 0 Å². The monoisotopic (exact) mass is 471 g/mol. The normalized spacial score (nSPS) is 20.7. The number of nitrogens with zero attached hydrogens (tertiary/aromatic N) is 3. The Bertz CT molecular complexity index is 1310. The Hall–Kier alpha value is -2.52. The smallest absolute Gasteiger partial charge is 0.271 e.